The number of carbonyl (C=O) groups is 1. The van der Waals surface area contributed by atoms with Gasteiger partial charge in [-0.1, -0.05) is 28.9 Å². The first kappa shape index (κ1) is 13.1. The third-order valence-electron chi connectivity index (χ3n) is 3.07. The summed E-state index contributed by atoms with van der Waals surface area (Å²) in [6.07, 6.45) is 1.81. The van der Waals surface area contributed by atoms with Gasteiger partial charge in [-0.25, -0.2) is 4.79 Å². The zero-order valence-corrected chi connectivity index (χ0v) is 11.3. The molecular formula is C14H12ClNO4. The van der Waals surface area contributed by atoms with Crippen LogP contribution in [0.2, 0.25) is 5.02 Å². The summed E-state index contributed by atoms with van der Waals surface area (Å²) < 4.78 is 15.4. The third kappa shape index (κ3) is 2.69. The van der Waals surface area contributed by atoms with Crippen molar-refractivity contribution in [2.24, 2.45) is 0 Å². The molecule has 0 aliphatic carbocycles. The van der Waals surface area contributed by atoms with E-state index in [2.05, 4.69) is 5.16 Å². The van der Waals surface area contributed by atoms with E-state index >= 15 is 0 Å². The number of nitrogens with zero attached hydrogens (tertiary/aromatic N) is 1. The Morgan fingerprint density at radius 2 is 2.15 bits per heavy atom. The van der Waals surface area contributed by atoms with Crippen molar-refractivity contribution in [3.63, 3.8) is 0 Å². The molecule has 1 atom stereocenters. The lowest BCUT2D eigenvalue weighted by Gasteiger charge is -2.09. The second-order valence-corrected chi connectivity index (χ2v) is 4.91. The molecule has 0 amide bonds. The second kappa shape index (κ2) is 5.64. The summed E-state index contributed by atoms with van der Waals surface area (Å²) in [4.78, 5) is 12.1. The molecule has 1 aromatic carbocycles. The van der Waals surface area contributed by atoms with Crippen LogP contribution >= 0.6 is 11.6 Å². The maximum absolute atomic E-state index is 12.1. The van der Waals surface area contributed by atoms with Crippen molar-refractivity contribution < 1.29 is 18.8 Å². The van der Waals surface area contributed by atoms with Gasteiger partial charge in [0, 0.05) is 17.0 Å². The highest BCUT2D eigenvalue weighted by molar-refractivity contribution is 6.30. The molecule has 2 aromatic rings. The molecule has 20 heavy (non-hydrogen) atoms. The van der Waals surface area contributed by atoms with Gasteiger partial charge in [0.05, 0.1) is 13.2 Å². The van der Waals surface area contributed by atoms with Crippen molar-refractivity contribution in [1.29, 1.82) is 0 Å². The zero-order chi connectivity index (χ0) is 13.9. The minimum atomic E-state index is -0.452. The molecule has 104 valence electrons. The van der Waals surface area contributed by atoms with Crippen LogP contribution in [-0.2, 0) is 9.47 Å². The summed E-state index contributed by atoms with van der Waals surface area (Å²) in [5.74, 6) is -0.452. The lowest BCUT2D eigenvalue weighted by Crippen LogP contribution is -2.18. The summed E-state index contributed by atoms with van der Waals surface area (Å²) in [6, 6.07) is 7.00. The number of rotatable bonds is 3. The van der Waals surface area contributed by atoms with Crippen LogP contribution in [0.4, 0.5) is 0 Å². The van der Waals surface area contributed by atoms with Gasteiger partial charge >= 0.3 is 5.97 Å². The number of aromatic nitrogens is 1. The minimum absolute atomic E-state index is 0.199. The highest BCUT2D eigenvalue weighted by atomic mass is 35.5. The van der Waals surface area contributed by atoms with Crippen molar-refractivity contribution in [3.8, 4) is 11.3 Å². The lowest BCUT2D eigenvalue weighted by atomic mass is 10.1. The van der Waals surface area contributed by atoms with E-state index in [-0.39, 0.29) is 6.10 Å². The molecule has 1 aliphatic rings. The summed E-state index contributed by atoms with van der Waals surface area (Å²) in [6.45, 7) is 1.05. The van der Waals surface area contributed by atoms with Crippen LogP contribution in [-0.4, -0.2) is 30.4 Å². The van der Waals surface area contributed by atoms with Gasteiger partial charge < -0.3 is 14.0 Å². The summed E-state index contributed by atoms with van der Waals surface area (Å²) >= 11 is 5.84. The largest absolute Gasteiger partial charge is 0.456 e. The van der Waals surface area contributed by atoms with Crippen LogP contribution < -0.4 is 0 Å². The Morgan fingerprint density at radius 3 is 2.85 bits per heavy atom. The van der Waals surface area contributed by atoms with Gasteiger partial charge in [0.1, 0.15) is 23.6 Å². The molecule has 0 saturated carbocycles. The van der Waals surface area contributed by atoms with E-state index in [1.165, 1.54) is 6.26 Å². The number of hydrogen-bond acceptors (Lipinski definition) is 5. The normalized spacial score (nSPS) is 18.1. The van der Waals surface area contributed by atoms with Crippen molar-refractivity contribution >= 4 is 17.6 Å². The standard InChI is InChI=1S/C14H12ClNO4/c15-10-3-1-9(2-4-10)13-12(8-19-16-13)14(17)20-11-5-6-18-7-11/h1-4,8,11H,5-7H2/t11-/m1/s1. The molecule has 3 rings (SSSR count). The fourth-order valence-electron chi connectivity index (χ4n) is 2.02. The van der Waals surface area contributed by atoms with Gasteiger partial charge in [0.25, 0.3) is 0 Å². The van der Waals surface area contributed by atoms with Crippen LogP contribution in [0, 0.1) is 0 Å². The molecule has 0 bridgehead atoms. The van der Waals surface area contributed by atoms with Crippen LogP contribution in [0.5, 0.6) is 0 Å². The Kier molecular flexibility index (Phi) is 3.71. The molecule has 5 nitrogen and oxygen atoms in total. The fourth-order valence-corrected chi connectivity index (χ4v) is 2.14. The lowest BCUT2D eigenvalue weighted by molar-refractivity contribution is 0.0271. The molecule has 0 spiro atoms. The predicted molar refractivity (Wildman–Crippen MR) is 71.6 cm³/mol. The van der Waals surface area contributed by atoms with E-state index in [1.54, 1.807) is 24.3 Å². The summed E-state index contributed by atoms with van der Waals surface area (Å²) in [5, 5.41) is 4.48. The second-order valence-electron chi connectivity index (χ2n) is 4.47. The van der Waals surface area contributed by atoms with Gasteiger partial charge in [-0.05, 0) is 12.1 Å². The van der Waals surface area contributed by atoms with Gasteiger partial charge in [0.15, 0.2) is 0 Å². The third-order valence-corrected chi connectivity index (χ3v) is 3.32. The Bertz CT molecular complexity index is 602. The van der Waals surface area contributed by atoms with E-state index < -0.39 is 5.97 Å². The molecule has 0 radical (unpaired) electrons. The molecule has 1 fully saturated rings. The van der Waals surface area contributed by atoms with E-state index in [4.69, 9.17) is 25.6 Å². The van der Waals surface area contributed by atoms with E-state index in [9.17, 15) is 4.79 Å². The molecular weight excluding hydrogens is 282 g/mol. The molecule has 2 heterocycles. The summed E-state index contributed by atoms with van der Waals surface area (Å²) in [7, 11) is 0. The van der Waals surface area contributed by atoms with Crippen LogP contribution in [0.3, 0.4) is 0 Å². The molecule has 0 N–H and O–H groups in total. The average Bonchev–Trinajstić information content (AvgIpc) is 3.10. The Hall–Kier alpha value is -1.85. The molecule has 0 unspecified atom stereocenters. The first-order chi connectivity index (χ1) is 9.74. The van der Waals surface area contributed by atoms with Gasteiger partial charge in [0.2, 0.25) is 0 Å². The number of carbonyl (C=O) groups excluding carboxylic acids is 1. The fraction of sp³-hybridized carbons (Fsp3) is 0.286. The average molecular weight is 294 g/mol. The van der Waals surface area contributed by atoms with Crippen LogP contribution in [0.25, 0.3) is 11.3 Å². The maximum Gasteiger partial charge on any atom is 0.344 e. The molecule has 1 aromatic heterocycles. The highest BCUT2D eigenvalue weighted by Gasteiger charge is 2.24. The molecule has 6 heteroatoms. The molecule has 1 aliphatic heterocycles. The Morgan fingerprint density at radius 1 is 1.35 bits per heavy atom. The van der Waals surface area contributed by atoms with Crippen molar-refractivity contribution in [1.82, 2.24) is 5.16 Å². The van der Waals surface area contributed by atoms with Gasteiger partial charge in [-0.2, -0.15) is 0 Å². The predicted octanol–water partition coefficient (Wildman–Crippen LogP) is 2.94. The number of hydrogen-bond donors (Lipinski definition) is 0. The SMILES string of the molecule is O=C(O[C@@H]1CCOC1)c1conc1-c1ccc(Cl)cc1. The zero-order valence-electron chi connectivity index (χ0n) is 10.5. The number of esters is 1. The first-order valence-electron chi connectivity index (χ1n) is 6.23. The first-order valence-corrected chi connectivity index (χ1v) is 6.61. The Balaban J connectivity index is 1.82. The Labute approximate surface area is 120 Å². The number of halogens is 1. The van der Waals surface area contributed by atoms with Crippen molar-refractivity contribution in [3.05, 3.63) is 41.1 Å². The van der Waals surface area contributed by atoms with E-state index in [1.807, 2.05) is 0 Å². The number of benzene rings is 1. The van der Waals surface area contributed by atoms with Crippen LogP contribution in [0.15, 0.2) is 35.1 Å². The quantitative estimate of drug-likeness (QED) is 0.814. The smallest absolute Gasteiger partial charge is 0.344 e. The van der Waals surface area contributed by atoms with E-state index in [0.717, 1.165) is 5.56 Å². The highest BCUT2D eigenvalue weighted by Crippen LogP contribution is 2.25. The number of ether oxygens (including phenoxy) is 2. The van der Waals surface area contributed by atoms with Crippen molar-refractivity contribution in [2.45, 2.75) is 12.5 Å². The summed E-state index contributed by atoms with van der Waals surface area (Å²) in [5.41, 5.74) is 1.50. The van der Waals surface area contributed by atoms with Crippen molar-refractivity contribution in [2.75, 3.05) is 13.2 Å². The topological polar surface area (TPSA) is 61.6 Å². The van der Waals surface area contributed by atoms with E-state index in [0.29, 0.717) is 35.9 Å². The van der Waals surface area contributed by atoms with Gasteiger partial charge in [-0.15, -0.1) is 0 Å². The minimum Gasteiger partial charge on any atom is -0.456 e. The maximum atomic E-state index is 12.1. The monoisotopic (exact) mass is 293 g/mol. The van der Waals surface area contributed by atoms with Gasteiger partial charge in [-0.3, -0.25) is 0 Å². The molecule has 1 saturated heterocycles. The van der Waals surface area contributed by atoms with Crippen LogP contribution in [0.1, 0.15) is 16.8 Å².